The van der Waals surface area contributed by atoms with Gasteiger partial charge in [0.1, 0.15) is 0 Å². The first kappa shape index (κ1) is 16.9. The highest BCUT2D eigenvalue weighted by atomic mass is 79.9. The number of carboxylic acid groups (broad SMARTS) is 1. The van der Waals surface area contributed by atoms with E-state index in [0.717, 1.165) is 0 Å². The van der Waals surface area contributed by atoms with Crippen LogP contribution in [0.4, 0.5) is 10.5 Å². The smallest absolute Gasteiger partial charge is 0.337 e. The van der Waals surface area contributed by atoms with Gasteiger partial charge in [0.05, 0.1) is 17.4 Å². The minimum absolute atomic E-state index is 0.0370. The monoisotopic (exact) mass is 408 g/mol. The van der Waals surface area contributed by atoms with Crippen LogP contribution in [-0.2, 0) is 0 Å². The SMILES string of the molecule is CC(O)CN(C)C(=O)Nc1c(Br)cc(Br)cc1C(=O)O. The number of nitrogens with one attached hydrogen (secondary N) is 1. The number of aliphatic hydroxyl groups excluding tert-OH is 1. The average Bonchev–Trinajstić information content (AvgIpc) is 2.30. The van der Waals surface area contributed by atoms with Crippen molar-refractivity contribution in [3.8, 4) is 0 Å². The molecular formula is C12H14Br2N2O4. The van der Waals surface area contributed by atoms with E-state index in [9.17, 15) is 14.7 Å². The normalized spacial score (nSPS) is 11.8. The maximum Gasteiger partial charge on any atom is 0.337 e. The summed E-state index contributed by atoms with van der Waals surface area (Å²) in [5.41, 5.74) is 0.133. The molecule has 0 heterocycles. The summed E-state index contributed by atoms with van der Waals surface area (Å²) in [5, 5.41) is 20.9. The van der Waals surface area contributed by atoms with Crippen LogP contribution in [0.15, 0.2) is 21.1 Å². The standard InChI is InChI=1S/C12H14Br2N2O4/c1-6(17)5-16(2)12(20)15-10-8(11(18)19)3-7(13)4-9(10)14/h3-4,6,17H,5H2,1-2H3,(H,15,20)(H,18,19). The van der Waals surface area contributed by atoms with Gasteiger partial charge in [-0.2, -0.15) is 0 Å². The zero-order chi connectivity index (χ0) is 15.4. The van der Waals surface area contributed by atoms with Crippen LogP contribution >= 0.6 is 31.9 Å². The van der Waals surface area contributed by atoms with Gasteiger partial charge in [0.15, 0.2) is 0 Å². The molecular weight excluding hydrogens is 396 g/mol. The van der Waals surface area contributed by atoms with Crippen LogP contribution in [0.1, 0.15) is 17.3 Å². The number of carbonyl (C=O) groups excluding carboxylic acids is 1. The van der Waals surface area contributed by atoms with Gasteiger partial charge < -0.3 is 20.4 Å². The molecule has 0 spiro atoms. The van der Waals surface area contributed by atoms with Gasteiger partial charge in [0, 0.05) is 22.5 Å². The number of halogens is 2. The summed E-state index contributed by atoms with van der Waals surface area (Å²) in [4.78, 5) is 24.4. The number of urea groups is 1. The number of aliphatic hydroxyl groups is 1. The lowest BCUT2D eigenvalue weighted by molar-refractivity contribution is 0.0698. The number of hydrogen-bond donors (Lipinski definition) is 3. The Hall–Kier alpha value is -1.12. The number of hydrogen-bond acceptors (Lipinski definition) is 3. The predicted octanol–water partition coefficient (Wildman–Crippen LogP) is 2.75. The van der Waals surface area contributed by atoms with Gasteiger partial charge >= 0.3 is 12.0 Å². The Balaban J connectivity index is 3.03. The predicted molar refractivity (Wildman–Crippen MR) is 82.1 cm³/mol. The molecule has 6 nitrogen and oxygen atoms in total. The van der Waals surface area contributed by atoms with E-state index in [-0.39, 0.29) is 17.8 Å². The van der Waals surface area contributed by atoms with E-state index >= 15 is 0 Å². The summed E-state index contributed by atoms with van der Waals surface area (Å²) in [5.74, 6) is -1.15. The molecule has 0 saturated heterocycles. The number of rotatable bonds is 4. The highest BCUT2D eigenvalue weighted by molar-refractivity contribution is 9.11. The molecule has 1 rings (SSSR count). The molecule has 0 saturated carbocycles. The summed E-state index contributed by atoms with van der Waals surface area (Å²) < 4.78 is 1.03. The van der Waals surface area contributed by atoms with Crippen molar-refractivity contribution in [2.75, 3.05) is 18.9 Å². The minimum atomic E-state index is -1.15. The summed E-state index contributed by atoms with van der Waals surface area (Å²) >= 11 is 6.41. The Labute approximate surface area is 133 Å². The molecule has 2 amide bonds. The van der Waals surface area contributed by atoms with Crippen molar-refractivity contribution < 1.29 is 19.8 Å². The number of amides is 2. The van der Waals surface area contributed by atoms with Gasteiger partial charge in [-0.3, -0.25) is 0 Å². The summed E-state index contributed by atoms with van der Waals surface area (Å²) in [6.07, 6.45) is -0.668. The van der Waals surface area contributed by atoms with E-state index in [2.05, 4.69) is 37.2 Å². The lowest BCUT2D eigenvalue weighted by atomic mass is 10.2. The second-order valence-electron chi connectivity index (χ2n) is 4.28. The van der Waals surface area contributed by atoms with Gasteiger partial charge in [0.2, 0.25) is 0 Å². The lowest BCUT2D eigenvalue weighted by Crippen LogP contribution is -2.36. The van der Waals surface area contributed by atoms with Gasteiger partial charge in [-0.25, -0.2) is 9.59 Å². The molecule has 0 radical (unpaired) electrons. The molecule has 8 heteroatoms. The molecule has 1 atom stereocenters. The van der Waals surface area contributed by atoms with Crippen molar-refractivity contribution in [3.63, 3.8) is 0 Å². The number of benzene rings is 1. The molecule has 1 aromatic carbocycles. The summed E-state index contributed by atoms with van der Waals surface area (Å²) in [7, 11) is 1.51. The summed E-state index contributed by atoms with van der Waals surface area (Å²) in [6.45, 7) is 1.70. The quantitative estimate of drug-likeness (QED) is 0.713. The van der Waals surface area contributed by atoms with Crippen molar-refractivity contribution in [2.45, 2.75) is 13.0 Å². The van der Waals surface area contributed by atoms with E-state index in [0.29, 0.717) is 8.95 Å². The van der Waals surface area contributed by atoms with Gasteiger partial charge in [0.25, 0.3) is 0 Å². The molecule has 0 aliphatic rings. The maximum atomic E-state index is 11.9. The van der Waals surface area contributed by atoms with Crippen molar-refractivity contribution in [1.29, 1.82) is 0 Å². The third-order valence-electron chi connectivity index (χ3n) is 2.40. The molecule has 1 aromatic rings. The number of carbonyl (C=O) groups is 2. The largest absolute Gasteiger partial charge is 0.478 e. The van der Waals surface area contributed by atoms with Gasteiger partial charge in [-0.15, -0.1) is 0 Å². The van der Waals surface area contributed by atoms with Crippen molar-refractivity contribution in [2.24, 2.45) is 0 Å². The Kier molecular flexibility index (Phi) is 5.97. The number of likely N-dealkylation sites (N-methyl/N-ethyl adjacent to an activating group) is 1. The molecule has 0 aromatic heterocycles. The third kappa shape index (κ3) is 4.46. The zero-order valence-electron chi connectivity index (χ0n) is 10.9. The Morgan fingerprint density at radius 1 is 1.40 bits per heavy atom. The Bertz CT molecular complexity index is 534. The van der Waals surface area contributed by atoms with Gasteiger partial charge in [-0.1, -0.05) is 15.9 Å². The number of aromatic carboxylic acids is 1. The van der Waals surface area contributed by atoms with E-state index in [1.807, 2.05) is 0 Å². The van der Waals surface area contributed by atoms with E-state index in [1.165, 1.54) is 18.0 Å². The minimum Gasteiger partial charge on any atom is -0.478 e. The molecule has 110 valence electrons. The first-order valence-electron chi connectivity index (χ1n) is 5.65. The van der Waals surface area contributed by atoms with Crippen molar-refractivity contribution >= 4 is 49.5 Å². The molecule has 0 fully saturated rings. The molecule has 20 heavy (non-hydrogen) atoms. The van der Waals surface area contributed by atoms with Crippen molar-refractivity contribution in [3.05, 3.63) is 26.6 Å². The third-order valence-corrected chi connectivity index (χ3v) is 3.49. The zero-order valence-corrected chi connectivity index (χ0v) is 14.0. The fraction of sp³-hybridized carbons (Fsp3) is 0.333. The van der Waals surface area contributed by atoms with E-state index in [1.54, 1.807) is 13.0 Å². The summed E-state index contributed by atoms with van der Waals surface area (Å²) in [6, 6.07) is 2.53. The topological polar surface area (TPSA) is 89.9 Å². The number of carboxylic acids is 1. The number of anilines is 1. The first-order chi connectivity index (χ1) is 9.22. The molecule has 1 unspecified atom stereocenters. The maximum absolute atomic E-state index is 11.9. The van der Waals surface area contributed by atoms with Crippen molar-refractivity contribution in [1.82, 2.24) is 4.90 Å². The van der Waals surface area contributed by atoms with E-state index < -0.39 is 18.1 Å². The highest BCUT2D eigenvalue weighted by Gasteiger charge is 2.19. The fourth-order valence-corrected chi connectivity index (χ4v) is 2.88. The second kappa shape index (κ2) is 7.05. The highest BCUT2D eigenvalue weighted by Crippen LogP contribution is 2.31. The Morgan fingerprint density at radius 2 is 2.00 bits per heavy atom. The second-order valence-corrected chi connectivity index (χ2v) is 6.05. The molecule has 0 aliphatic carbocycles. The lowest BCUT2D eigenvalue weighted by Gasteiger charge is -2.20. The van der Waals surface area contributed by atoms with Crippen LogP contribution in [0.5, 0.6) is 0 Å². The van der Waals surface area contributed by atoms with Crippen LogP contribution in [0.3, 0.4) is 0 Å². The van der Waals surface area contributed by atoms with E-state index in [4.69, 9.17) is 5.11 Å². The number of nitrogens with zero attached hydrogens (tertiary/aromatic N) is 1. The van der Waals surface area contributed by atoms with Crippen LogP contribution in [0.25, 0.3) is 0 Å². The van der Waals surface area contributed by atoms with Crippen LogP contribution in [-0.4, -0.2) is 46.8 Å². The van der Waals surface area contributed by atoms with Gasteiger partial charge in [-0.05, 0) is 35.0 Å². The Morgan fingerprint density at radius 3 is 2.50 bits per heavy atom. The average molecular weight is 410 g/mol. The van der Waals surface area contributed by atoms with Crippen LogP contribution in [0, 0.1) is 0 Å². The molecule has 3 N–H and O–H groups in total. The first-order valence-corrected chi connectivity index (χ1v) is 7.23. The molecule has 0 aliphatic heterocycles. The molecule has 0 bridgehead atoms. The van der Waals surface area contributed by atoms with Crippen LogP contribution < -0.4 is 5.32 Å². The van der Waals surface area contributed by atoms with Crippen LogP contribution in [0.2, 0.25) is 0 Å². The fourth-order valence-electron chi connectivity index (χ4n) is 1.55.